The Bertz CT molecular complexity index is 96.7. The van der Waals surface area contributed by atoms with Crippen molar-refractivity contribution in [3.63, 3.8) is 0 Å². The van der Waals surface area contributed by atoms with Crippen LogP contribution in [0.3, 0.4) is 0 Å². The third-order valence-corrected chi connectivity index (χ3v) is 3.83. The van der Waals surface area contributed by atoms with E-state index in [4.69, 9.17) is 11.1 Å². The van der Waals surface area contributed by atoms with Gasteiger partial charge < -0.3 is 0 Å². The van der Waals surface area contributed by atoms with Crippen LogP contribution in [0.2, 0.25) is 12.6 Å². The number of hydrogen-bond donors (Lipinski definition) is 0. The van der Waals surface area contributed by atoms with E-state index in [0.717, 1.165) is 6.04 Å². The lowest BCUT2D eigenvalue weighted by atomic mass is 10.8. The molecule has 0 rings (SSSR count). The maximum absolute atomic E-state index is 5.97. The predicted molar refractivity (Wildman–Crippen MR) is 42.7 cm³/mol. The summed E-state index contributed by atoms with van der Waals surface area (Å²) < 4.78 is 0. The second-order valence-corrected chi connectivity index (χ2v) is 7.94. The highest BCUT2D eigenvalue weighted by Gasteiger charge is 2.16. The summed E-state index contributed by atoms with van der Waals surface area (Å²) in [5, 5.41) is 0. The Morgan fingerprint density at radius 2 is 2.12 bits per heavy atom. The number of allylic oxidation sites excluding steroid dienone is 1. The van der Waals surface area contributed by atoms with Crippen molar-refractivity contribution in [3.05, 3.63) is 24.9 Å². The molecule has 2 heteroatoms. The van der Waals surface area contributed by atoms with Crippen LogP contribution in [-0.4, -0.2) is 7.38 Å². The summed E-state index contributed by atoms with van der Waals surface area (Å²) in [5.41, 5.74) is 1.86. The molecular formula is C6H11ClSi. The number of hydrogen-bond acceptors (Lipinski definition) is 0. The van der Waals surface area contributed by atoms with E-state index in [1.807, 2.05) is 18.3 Å². The van der Waals surface area contributed by atoms with Crippen LogP contribution >= 0.6 is 11.1 Å². The molecule has 0 saturated heterocycles. The van der Waals surface area contributed by atoms with E-state index >= 15 is 0 Å². The van der Waals surface area contributed by atoms with Gasteiger partial charge in [0, 0.05) is 0 Å². The summed E-state index contributed by atoms with van der Waals surface area (Å²) in [6.07, 6.45) is 1.85. The van der Waals surface area contributed by atoms with Crippen molar-refractivity contribution < 1.29 is 0 Å². The molecule has 0 aromatic heterocycles. The van der Waals surface area contributed by atoms with E-state index in [-0.39, 0.29) is 0 Å². The summed E-state index contributed by atoms with van der Waals surface area (Å²) in [7, 11) is -1.56. The molecule has 0 aromatic carbocycles. The van der Waals surface area contributed by atoms with Gasteiger partial charge in [-0.25, -0.2) is 0 Å². The lowest BCUT2D eigenvalue weighted by Gasteiger charge is -2.08. The molecule has 0 aliphatic carbocycles. The van der Waals surface area contributed by atoms with Crippen LogP contribution in [0.4, 0.5) is 0 Å². The van der Waals surface area contributed by atoms with Crippen molar-refractivity contribution in [2.45, 2.75) is 12.6 Å². The number of rotatable bonds is 3. The largest absolute Gasteiger partial charge is 0.179 e. The van der Waals surface area contributed by atoms with Gasteiger partial charge in [0.1, 0.15) is 0 Å². The molecule has 0 aliphatic heterocycles. The third kappa shape index (κ3) is 3.05. The van der Waals surface area contributed by atoms with Crippen molar-refractivity contribution >= 4 is 18.5 Å². The van der Waals surface area contributed by atoms with Crippen LogP contribution in [-0.2, 0) is 0 Å². The lowest BCUT2D eigenvalue weighted by molar-refractivity contribution is 1.64. The van der Waals surface area contributed by atoms with E-state index in [1.165, 1.54) is 0 Å². The van der Waals surface area contributed by atoms with Crippen molar-refractivity contribution in [1.82, 2.24) is 0 Å². The summed E-state index contributed by atoms with van der Waals surface area (Å²) in [6.45, 7) is 9.27. The Morgan fingerprint density at radius 1 is 1.62 bits per heavy atom. The zero-order valence-electron chi connectivity index (χ0n) is 5.15. The Labute approximate surface area is 56.6 Å². The van der Waals surface area contributed by atoms with Crippen LogP contribution in [0.25, 0.3) is 0 Å². The fourth-order valence-corrected chi connectivity index (χ4v) is 1.42. The van der Waals surface area contributed by atoms with Crippen LogP contribution in [0.15, 0.2) is 24.9 Å². The molecule has 0 saturated carbocycles. The first-order valence-corrected chi connectivity index (χ1v) is 6.35. The van der Waals surface area contributed by atoms with Gasteiger partial charge in [-0.05, 0) is 6.04 Å². The van der Waals surface area contributed by atoms with Gasteiger partial charge in [0.2, 0.25) is 0 Å². The Hall–Kier alpha value is -0.0131. The maximum atomic E-state index is 5.97. The monoisotopic (exact) mass is 146 g/mol. The minimum atomic E-state index is -1.56. The average Bonchev–Trinajstić information content (AvgIpc) is 1.67. The first kappa shape index (κ1) is 7.99. The molecule has 0 radical (unpaired) electrons. The van der Waals surface area contributed by atoms with Gasteiger partial charge in [0.05, 0.1) is 0 Å². The van der Waals surface area contributed by atoms with Crippen molar-refractivity contribution in [1.29, 1.82) is 0 Å². The Kier molecular flexibility index (Phi) is 3.10. The van der Waals surface area contributed by atoms with Crippen LogP contribution in [0.1, 0.15) is 0 Å². The van der Waals surface area contributed by atoms with E-state index in [1.54, 1.807) is 0 Å². The molecule has 1 atom stereocenters. The topological polar surface area (TPSA) is 0 Å². The van der Waals surface area contributed by atoms with Crippen molar-refractivity contribution in [3.8, 4) is 0 Å². The average molecular weight is 147 g/mol. The third-order valence-electron chi connectivity index (χ3n) is 0.969. The minimum Gasteiger partial charge on any atom is -0.162 e. The highest BCUT2D eigenvalue weighted by atomic mass is 35.6. The first-order chi connectivity index (χ1) is 3.62. The molecule has 0 spiro atoms. The summed E-state index contributed by atoms with van der Waals surface area (Å²) in [4.78, 5) is 0. The second-order valence-electron chi connectivity index (χ2n) is 1.97. The van der Waals surface area contributed by atoms with E-state index in [2.05, 4.69) is 13.2 Å². The quantitative estimate of drug-likeness (QED) is 0.326. The maximum Gasteiger partial charge on any atom is 0.179 e. The molecule has 0 N–H and O–H groups in total. The minimum absolute atomic E-state index is 0.915. The molecule has 8 heavy (non-hydrogen) atoms. The molecule has 0 nitrogen and oxygen atoms in total. The van der Waals surface area contributed by atoms with Gasteiger partial charge in [0.25, 0.3) is 0 Å². The molecule has 1 unspecified atom stereocenters. The normalized spacial score (nSPS) is 16.8. The van der Waals surface area contributed by atoms with Gasteiger partial charge in [0.15, 0.2) is 7.38 Å². The van der Waals surface area contributed by atoms with E-state index in [0.29, 0.717) is 0 Å². The van der Waals surface area contributed by atoms with Crippen LogP contribution < -0.4 is 0 Å². The SMILES string of the molecule is C=CC[Si](C)(Cl)C=C. The lowest BCUT2D eigenvalue weighted by Crippen LogP contribution is -2.16. The van der Waals surface area contributed by atoms with Crippen LogP contribution in [0.5, 0.6) is 0 Å². The standard InChI is InChI=1S/C6H11ClSi/c1-4-6-8(3,7)5-2/h4-5H,1-2,6H2,3H3. The zero-order chi connectivity index (χ0) is 6.62. The van der Waals surface area contributed by atoms with Crippen molar-refractivity contribution in [2.75, 3.05) is 0 Å². The molecule has 0 aromatic rings. The smallest absolute Gasteiger partial charge is 0.162 e. The Morgan fingerprint density at radius 3 is 2.25 bits per heavy atom. The molecule has 0 amide bonds. The Balaban J connectivity index is 3.70. The molecular weight excluding hydrogens is 136 g/mol. The van der Waals surface area contributed by atoms with Gasteiger partial charge in [-0.2, -0.15) is 11.1 Å². The highest BCUT2D eigenvalue weighted by Crippen LogP contribution is 2.15. The van der Waals surface area contributed by atoms with E-state index in [9.17, 15) is 0 Å². The summed E-state index contributed by atoms with van der Waals surface area (Å²) >= 11 is 5.97. The van der Waals surface area contributed by atoms with Crippen molar-refractivity contribution in [2.24, 2.45) is 0 Å². The second kappa shape index (κ2) is 3.10. The van der Waals surface area contributed by atoms with Gasteiger partial charge in [-0.1, -0.05) is 18.3 Å². The van der Waals surface area contributed by atoms with Gasteiger partial charge >= 0.3 is 0 Å². The van der Waals surface area contributed by atoms with E-state index < -0.39 is 7.38 Å². The number of halogens is 1. The first-order valence-electron chi connectivity index (χ1n) is 2.56. The fraction of sp³-hybridized carbons (Fsp3) is 0.333. The molecule has 46 valence electrons. The van der Waals surface area contributed by atoms with Gasteiger partial charge in [-0.15, -0.1) is 13.2 Å². The predicted octanol–water partition coefficient (Wildman–Crippen LogP) is 2.71. The fourth-order valence-electron chi connectivity index (χ4n) is 0.366. The summed E-state index contributed by atoms with van der Waals surface area (Å²) in [6, 6.07) is 0.915. The highest BCUT2D eigenvalue weighted by molar-refractivity contribution is 7.22. The summed E-state index contributed by atoms with van der Waals surface area (Å²) in [5.74, 6) is 0. The van der Waals surface area contributed by atoms with Crippen LogP contribution in [0, 0.1) is 0 Å². The molecule has 0 fully saturated rings. The molecule has 0 heterocycles. The molecule has 0 aliphatic rings. The molecule has 0 bridgehead atoms. The zero-order valence-corrected chi connectivity index (χ0v) is 6.91. The van der Waals surface area contributed by atoms with Gasteiger partial charge in [-0.3, -0.25) is 0 Å².